The van der Waals surface area contributed by atoms with Gasteiger partial charge in [-0.15, -0.1) is 0 Å². The van der Waals surface area contributed by atoms with Crippen molar-refractivity contribution in [2.24, 2.45) is 0 Å². The zero-order valence-electron chi connectivity index (χ0n) is 15.9. The molecule has 2 aliphatic heterocycles. The molecule has 4 heterocycles. The van der Waals surface area contributed by atoms with Crippen LogP contribution in [0, 0.1) is 7.43 Å². The number of aliphatic hydroxyl groups excluding tert-OH is 1. The van der Waals surface area contributed by atoms with Gasteiger partial charge >= 0.3 is 0 Å². The monoisotopic (exact) mass is 443 g/mol. The summed E-state index contributed by atoms with van der Waals surface area (Å²) in [5.41, 5.74) is 6.94. The first-order chi connectivity index (χ1) is 11.3. The van der Waals surface area contributed by atoms with E-state index >= 15 is 0 Å². The molecule has 5 N–H and O–H groups in total. The molecule has 3 unspecified atom stereocenters. The van der Waals surface area contributed by atoms with Crippen molar-refractivity contribution in [3.05, 3.63) is 19.6 Å². The number of nitrogens with two attached hydrogens (primary N) is 1. The predicted molar refractivity (Wildman–Crippen MR) is 94.1 cm³/mol. The third kappa shape index (κ3) is 5.40. The fourth-order valence-corrected chi connectivity index (χ4v) is 2.67. The molecule has 2 bridgehead atoms. The van der Waals surface area contributed by atoms with Crippen molar-refractivity contribution < 1.29 is 52.8 Å². The number of aromatic nitrogens is 4. The molecule has 2 aromatic rings. The van der Waals surface area contributed by atoms with Crippen molar-refractivity contribution in [2.75, 3.05) is 5.73 Å². The molecule has 10 heteroatoms. The second kappa shape index (κ2) is 10.0. The van der Waals surface area contributed by atoms with Crippen molar-refractivity contribution in [2.45, 2.75) is 64.8 Å². The largest absolute Gasteiger partial charge is 0.382 e. The average molecular weight is 443 g/mol. The first-order valence-corrected chi connectivity index (χ1v) is 8.02. The van der Waals surface area contributed by atoms with E-state index in [9.17, 15) is 5.11 Å². The van der Waals surface area contributed by atoms with Crippen LogP contribution in [-0.2, 0) is 37.4 Å². The molecule has 145 valence electrons. The summed E-state index contributed by atoms with van der Waals surface area (Å²) in [6.07, 6.45) is 2.17. The van der Waals surface area contributed by atoms with Gasteiger partial charge < -0.3 is 33.2 Å². The van der Waals surface area contributed by atoms with E-state index in [-0.39, 0.29) is 52.5 Å². The molecule has 1 fully saturated rings. The fourth-order valence-electron chi connectivity index (χ4n) is 2.67. The minimum atomic E-state index is -1.50. The molecule has 1 saturated heterocycles. The van der Waals surface area contributed by atoms with Crippen molar-refractivity contribution >= 4 is 17.0 Å². The van der Waals surface area contributed by atoms with Gasteiger partial charge in [0.05, 0.1) is 6.10 Å². The van der Waals surface area contributed by atoms with Gasteiger partial charge in [0.1, 0.15) is 24.5 Å². The van der Waals surface area contributed by atoms with Crippen LogP contribution in [0.4, 0.5) is 5.82 Å². The van der Waals surface area contributed by atoms with Crippen LogP contribution in [-0.4, -0.2) is 46.7 Å². The van der Waals surface area contributed by atoms with Gasteiger partial charge in [0.15, 0.2) is 22.8 Å². The van der Waals surface area contributed by atoms with Gasteiger partial charge in [0.2, 0.25) is 0 Å². The number of hydrogen-bond acceptors (Lipinski definition) is 8. The number of ether oxygens (including phenoxy) is 1. The topological polar surface area (TPSA) is 140 Å². The minimum absolute atomic E-state index is 0. The summed E-state index contributed by atoms with van der Waals surface area (Å²) in [5, 5.41) is 26.3. The molecule has 9 nitrogen and oxygen atoms in total. The molecule has 0 saturated carbocycles. The molecule has 4 rings (SSSR count). The van der Waals surface area contributed by atoms with Crippen LogP contribution in [0.25, 0.3) is 11.2 Å². The molecule has 0 aliphatic carbocycles. The fraction of sp³-hybridized carbons (Fsp3) is 0.625. The molecule has 2 aliphatic rings. The Hall–Kier alpha value is -0.706. The van der Waals surface area contributed by atoms with Gasteiger partial charge in [-0.1, -0.05) is 13.8 Å². The summed E-state index contributed by atoms with van der Waals surface area (Å²) in [4.78, 5) is 12.4. The van der Waals surface area contributed by atoms with Gasteiger partial charge in [0, 0.05) is 32.7 Å². The van der Waals surface area contributed by atoms with Gasteiger partial charge in [-0.05, 0) is 26.7 Å². The van der Waals surface area contributed by atoms with Crippen LogP contribution in [0.3, 0.4) is 0 Å². The second-order valence-electron chi connectivity index (χ2n) is 5.92. The molecule has 26 heavy (non-hydrogen) atoms. The molecule has 3 atom stereocenters. The number of fused-ring (bicyclic) bond motifs is 6. The van der Waals surface area contributed by atoms with Gasteiger partial charge in [-0.25, -0.2) is 15.0 Å². The quantitative estimate of drug-likeness (QED) is 0.353. The van der Waals surface area contributed by atoms with E-state index in [0.29, 0.717) is 22.8 Å². The van der Waals surface area contributed by atoms with Gasteiger partial charge in [-0.2, -0.15) is 0 Å². The Morgan fingerprint density at radius 2 is 1.81 bits per heavy atom. The smallest absolute Gasteiger partial charge is 0.167 e. The third-order valence-corrected chi connectivity index (χ3v) is 3.47. The molecule has 0 aromatic carbocycles. The Morgan fingerprint density at radius 3 is 2.38 bits per heavy atom. The van der Waals surface area contributed by atoms with E-state index in [2.05, 4.69) is 15.0 Å². The maximum atomic E-state index is 10.1. The summed E-state index contributed by atoms with van der Waals surface area (Å²) in [7, 11) is 0. The average Bonchev–Trinajstić information content (AvgIpc) is 3.09. The number of nitrogens with zero attached hydrogens (tertiary/aromatic N) is 4. The summed E-state index contributed by atoms with van der Waals surface area (Å²) >= 11 is 0. The number of rotatable bonds is 0. The van der Waals surface area contributed by atoms with Crippen molar-refractivity contribution in [3.8, 4) is 0 Å². The Bertz CT molecular complexity index is 698. The molecular formula is C16H28N5O4Y-. The number of aliphatic hydroxyl groups is 3. The first kappa shape index (κ1) is 25.3. The zero-order chi connectivity index (χ0) is 18.1. The van der Waals surface area contributed by atoms with Gasteiger partial charge in [0.25, 0.3) is 0 Å². The van der Waals surface area contributed by atoms with Crippen LogP contribution < -0.4 is 5.73 Å². The van der Waals surface area contributed by atoms with Gasteiger partial charge in [-0.3, -0.25) is 4.57 Å². The van der Waals surface area contributed by atoms with Crippen LogP contribution in [0.1, 0.15) is 58.7 Å². The van der Waals surface area contributed by atoms with E-state index < -0.39 is 11.9 Å². The SMILES string of the molecule is CC.CC(C)(O)O.Nc1ncnc2c1nc1n2C2CCC(O2)C1O.[CH3-].[Y]. The van der Waals surface area contributed by atoms with E-state index in [4.69, 9.17) is 20.7 Å². The Labute approximate surface area is 178 Å². The number of imidazole rings is 1. The minimum Gasteiger partial charge on any atom is -0.382 e. The maximum Gasteiger partial charge on any atom is 0.167 e. The maximum absolute atomic E-state index is 10.1. The molecular weight excluding hydrogens is 415 g/mol. The summed E-state index contributed by atoms with van der Waals surface area (Å²) < 4.78 is 7.55. The van der Waals surface area contributed by atoms with E-state index in [1.54, 1.807) is 0 Å². The number of nitrogen functional groups attached to an aromatic ring is 1. The molecule has 1 radical (unpaired) electrons. The van der Waals surface area contributed by atoms with Crippen LogP contribution in [0.5, 0.6) is 0 Å². The third-order valence-electron chi connectivity index (χ3n) is 3.47. The Balaban J connectivity index is 0.000000614. The number of hydrogen-bond donors (Lipinski definition) is 4. The van der Waals surface area contributed by atoms with E-state index in [1.165, 1.54) is 20.2 Å². The van der Waals surface area contributed by atoms with Crippen LogP contribution >= 0.6 is 0 Å². The van der Waals surface area contributed by atoms with Crippen molar-refractivity contribution in [1.29, 1.82) is 0 Å². The second-order valence-corrected chi connectivity index (χ2v) is 5.92. The number of anilines is 1. The van der Waals surface area contributed by atoms with Crippen LogP contribution in [0.15, 0.2) is 6.33 Å². The molecule has 2 aromatic heterocycles. The predicted octanol–water partition coefficient (Wildman–Crippen LogP) is 1.31. The normalized spacial score (nSPS) is 22.7. The summed E-state index contributed by atoms with van der Waals surface area (Å²) in [6, 6.07) is 0. The standard InChI is InChI=1S/C10H11N5O2.C3H8O2.C2H6.CH3.Y/c11-8-6-9(13-3-12-8)15-5-2-1-4(17-5)7(16)10(15)14-6;1-3(2,4)5;1-2;;/h3-5,7,16H,1-2H2,(H2,11,12,13);4-5H,1-2H3;1-2H3;1H3;/q;;;-1;. The van der Waals surface area contributed by atoms with Crippen LogP contribution in [0.2, 0.25) is 0 Å². The molecule has 0 spiro atoms. The van der Waals surface area contributed by atoms with Crippen molar-refractivity contribution in [3.63, 3.8) is 0 Å². The van der Waals surface area contributed by atoms with E-state index in [0.717, 1.165) is 12.8 Å². The Morgan fingerprint density at radius 1 is 1.23 bits per heavy atom. The first-order valence-electron chi connectivity index (χ1n) is 8.02. The van der Waals surface area contributed by atoms with Crippen molar-refractivity contribution in [1.82, 2.24) is 19.5 Å². The summed E-state index contributed by atoms with van der Waals surface area (Å²) in [5.74, 6) is -0.578. The Kier molecular flexibility index (Phi) is 9.74. The zero-order valence-corrected chi connectivity index (χ0v) is 18.8. The molecule has 0 amide bonds. The van der Waals surface area contributed by atoms with E-state index in [1.807, 2.05) is 18.4 Å². The summed E-state index contributed by atoms with van der Waals surface area (Å²) in [6.45, 7) is 6.60.